The smallest absolute Gasteiger partial charge is 0.253 e. The number of hydrogen-bond acceptors (Lipinski definition) is 6. The average molecular weight is 480 g/mol. The van der Waals surface area contributed by atoms with Crippen LogP contribution in [0.3, 0.4) is 0 Å². The van der Waals surface area contributed by atoms with Gasteiger partial charge < -0.3 is 30.2 Å². The first-order valence-corrected chi connectivity index (χ1v) is 11.5. The number of nitrogens with one attached hydrogen (secondary N) is 1. The number of Topliss-reactive ketones (excluding diaryl/α,β-unsaturated/α-hetero) is 1. The van der Waals surface area contributed by atoms with Crippen LogP contribution in [-0.4, -0.2) is 58.6 Å². The van der Waals surface area contributed by atoms with Crippen LogP contribution in [-0.2, 0) is 12.0 Å². The molecule has 35 heavy (non-hydrogen) atoms. The lowest BCUT2D eigenvalue weighted by Gasteiger charge is -2.27. The fraction of sp³-hybridized carbons (Fsp3) is 0.407. The first kappa shape index (κ1) is 25.9. The molecule has 0 fully saturated rings. The summed E-state index contributed by atoms with van der Waals surface area (Å²) in [5.74, 6) is 0.958. The van der Waals surface area contributed by atoms with Crippen molar-refractivity contribution >= 4 is 39.7 Å². The van der Waals surface area contributed by atoms with Crippen LogP contribution in [0.25, 0.3) is 10.8 Å². The lowest BCUT2D eigenvalue weighted by atomic mass is 9.84. The number of methoxy groups -OCH3 is 1. The molecule has 1 heterocycles. The molecule has 1 amide bonds. The number of nitrogens with two attached hydrogens (primary N) is 1. The summed E-state index contributed by atoms with van der Waals surface area (Å²) in [7, 11) is 10.9. The van der Waals surface area contributed by atoms with Gasteiger partial charge in [0.05, 0.1) is 24.9 Å². The predicted molar refractivity (Wildman–Crippen MR) is 144 cm³/mol. The summed E-state index contributed by atoms with van der Waals surface area (Å²) in [5.41, 5.74) is 9.96. The van der Waals surface area contributed by atoms with E-state index in [9.17, 15) is 9.59 Å². The van der Waals surface area contributed by atoms with Gasteiger partial charge in [-0.2, -0.15) is 0 Å². The van der Waals surface area contributed by atoms with E-state index in [0.717, 1.165) is 33.5 Å². The molecule has 0 radical (unpaired) electrons. The zero-order valence-electron chi connectivity index (χ0n) is 22.2. The van der Waals surface area contributed by atoms with Crippen LogP contribution >= 0.6 is 0 Å². The summed E-state index contributed by atoms with van der Waals surface area (Å²) >= 11 is 0. The Balaban J connectivity index is 2.09. The summed E-state index contributed by atoms with van der Waals surface area (Å²) in [6.07, 6.45) is 1.87. The monoisotopic (exact) mass is 479 g/mol. The number of fused-ring (bicyclic) bond motifs is 1. The van der Waals surface area contributed by atoms with Crippen molar-refractivity contribution in [1.29, 1.82) is 0 Å². The summed E-state index contributed by atoms with van der Waals surface area (Å²) in [5, 5.41) is 4.28. The van der Waals surface area contributed by atoms with E-state index in [2.05, 4.69) is 26.1 Å². The number of carbonyl (C=O) groups is 2. The average Bonchev–Trinajstić information content (AvgIpc) is 3.10. The maximum atomic E-state index is 13.5. The quantitative estimate of drug-likeness (QED) is 0.499. The number of anilines is 3. The summed E-state index contributed by atoms with van der Waals surface area (Å²) < 4.78 is 7.48. The van der Waals surface area contributed by atoms with Gasteiger partial charge in [-0.25, -0.2) is 0 Å². The highest BCUT2D eigenvalue weighted by Crippen LogP contribution is 2.40. The summed E-state index contributed by atoms with van der Waals surface area (Å²) in [4.78, 5) is 29.8. The van der Waals surface area contributed by atoms with E-state index in [4.69, 9.17) is 10.5 Å². The van der Waals surface area contributed by atoms with Gasteiger partial charge >= 0.3 is 0 Å². The number of carbonyl (C=O) groups excluding carboxylic acids is 2. The van der Waals surface area contributed by atoms with Crippen molar-refractivity contribution in [2.24, 2.45) is 0 Å². The van der Waals surface area contributed by atoms with Crippen molar-refractivity contribution in [2.45, 2.75) is 32.7 Å². The van der Waals surface area contributed by atoms with Crippen LogP contribution in [0.4, 0.5) is 17.2 Å². The van der Waals surface area contributed by atoms with E-state index in [0.29, 0.717) is 16.9 Å². The number of nitrogen functional groups attached to an aromatic ring is 1. The number of ether oxygens (including phenoxy) is 1. The first-order chi connectivity index (χ1) is 16.3. The molecule has 0 aliphatic rings. The second-order valence-corrected chi connectivity index (χ2v) is 10.2. The molecule has 2 aromatic carbocycles. The molecule has 3 rings (SSSR count). The number of hydrogen-bond donors (Lipinski definition) is 2. The predicted octanol–water partition coefficient (Wildman–Crippen LogP) is 3.90. The van der Waals surface area contributed by atoms with Crippen molar-refractivity contribution in [3.8, 4) is 5.75 Å². The Bertz CT molecular complexity index is 1280. The van der Waals surface area contributed by atoms with Crippen LogP contribution in [0.2, 0.25) is 0 Å². The largest absolute Gasteiger partial charge is 0.494 e. The molecule has 8 heteroatoms. The Hall–Kier alpha value is -3.68. The van der Waals surface area contributed by atoms with Crippen LogP contribution in [0, 0.1) is 0 Å². The van der Waals surface area contributed by atoms with Gasteiger partial charge in [0, 0.05) is 69.0 Å². The Morgan fingerprint density at radius 2 is 1.66 bits per heavy atom. The van der Waals surface area contributed by atoms with Crippen molar-refractivity contribution in [3.05, 3.63) is 47.2 Å². The molecular formula is C27H37N5O3. The van der Waals surface area contributed by atoms with Crippen molar-refractivity contribution < 1.29 is 14.3 Å². The number of ketones is 1. The van der Waals surface area contributed by atoms with E-state index >= 15 is 0 Å². The van der Waals surface area contributed by atoms with Gasteiger partial charge in [-0.15, -0.1) is 0 Å². The van der Waals surface area contributed by atoms with Gasteiger partial charge in [0.2, 0.25) is 0 Å². The molecule has 8 nitrogen and oxygen atoms in total. The third-order valence-electron chi connectivity index (χ3n) is 6.20. The van der Waals surface area contributed by atoms with E-state index in [1.807, 2.05) is 62.4 Å². The van der Waals surface area contributed by atoms with Crippen molar-refractivity contribution in [3.63, 3.8) is 0 Å². The lowest BCUT2D eigenvalue weighted by Crippen LogP contribution is -2.22. The Labute approximate surface area is 207 Å². The molecule has 0 unspecified atom stereocenters. The number of benzene rings is 2. The number of rotatable bonds is 7. The first-order valence-electron chi connectivity index (χ1n) is 11.5. The van der Waals surface area contributed by atoms with Gasteiger partial charge in [0.25, 0.3) is 5.91 Å². The van der Waals surface area contributed by atoms with Gasteiger partial charge in [-0.1, -0.05) is 20.8 Å². The van der Waals surface area contributed by atoms with E-state index < -0.39 is 0 Å². The number of amides is 1. The van der Waals surface area contributed by atoms with Crippen molar-refractivity contribution in [1.82, 2.24) is 9.88 Å². The topological polar surface area (TPSA) is 92.8 Å². The summed E-state index contributed by atoms with van der Waals surface area (Å²) in [6, 6.07) is 7.49. The third kappa shape index (κ3) is 4.92. The third-order valence-corrected chi connectivity index (χ3v) is 6.20. The molecule has 3 N–H and O–H groups in total. The normalized spacial score (nSPS) is 11.5. The highest BCUT2D eigenvalue weighted by atomic mass is 16.5. The molecule has 188 valence electrons. The molecule has 0 saturated carbocycles. The number of nitrogens with zero attached hydrogens (tertiary/aromatic N) is 3. The van der Waals surface area contributed by atoms with Gasteiger partial charge in [-0.05, 0) is 29.7 Å². The van der Waals surface area contributed by atoms with Crippen LogP contribution < -0.4 is 25.6 Å². The molecule has 0 saturated heterocycles. The molecule has 0 bridgehead atoms. The zero-order chi connectivity index (χ0) is 26.2. The zero-order valence-corrected chi connectivity index (χ0v) is 22.2. The highest BCUT2D eigenvalue weighted by Gasteiger charge is 2.25. The van der Waals surface area contributed by atoms with E-state index in [1.165, 1.54) is 0 Å². The van der Waals surface area contributed by atoms with Gasteiger partial charge in [0.15, 0.2) is 5.78 Å². The highest BCUT2D eigenvalue weighted by molar-refractivity contribution is 6.07. The van der Waals surface area contributed by atoms with Crippen LogP contribution in [0.1, 0.15) is 47.1 Å². The molecular weight excluding hydrogens is 442 g/mol. The van der Waals surface area contributed by atoms with Crippen molar-refractivity contribution in [2.75, 3.05) is 57.9 Å². The van der Waals surface area contributed by atoms with E-state index in [-0.39, 0.29) is 23.7 Å². The fourth-order valence-electron chi connectivity index (χ4n) is 4.27. The fourth-order valence-corrected chi connectivity index (χ4v) is 4.27. The SMILES string of the molecule is CNC(=O)c1cc2c(N)n(CC(=O)c3cc(N(C)C)c(OC)c(C(C)(C)C)c3)cc2cc1N(C)C. The molecule has 3 aromatic rings. The second kappa shape index (κ2) is 9.52. The van der Waals surface area contributed by atoms with Gasteiger partial charge in [-0.3, -0.25) is 9.59 Å². The maximum Gasteiger partial charge on any atom is 0.253 e. The minimum Gasteiger partial charge on any atom is -0.494 e. The Kier molecular flexibility index (Phi) is 7.06. The van der Waals surface area contributed by atoms with E-state index in [1.54, 1.807) is 24.8 Å². The minimum absolute atomic E-state index is 0.0624. The molecule has 0 aliphatic carbocycles. The molecule has 0 aliphatic heterocycles. The van der Waals surface area contributed by atoms with Crippen LogP contribution in [0.15, 0.2) is 30.5 Å². The van der Waals surface area contributed by atoms with Gasteiger partial charge in [0.1, 0.15) is 11.6 Å². The summed E-state index contributed by atoms with van der Waals surface area (Å²) in [6.45, 7) is 6.38. The second-order valence-electron chi connectivity index (χ2n) is 10.2. The molecule has 0 atom stereocenters. The Morgan fingerprint density at radius 3 is 2.17 bits per heavy atom. The molecule has 0 spiro atoms. The standard InChI is InChI=1S/C27H37N5O3/c1-27(2,3)20-10-16(11-22(31(7)8)24(20)35-9)23(33)15-32-14-17-12-21(30(5)6)19(26(34)29-4)13-18(17)25(32)28/h10-14H,15,28H2,1-9H3,(H,29,34). The lowest BCUT2D eigenvalue weighted by molar-refractivity contribution is 0.0959. The maximum absolute atomic E-state index is 13.5. The van der Waals surface area contributed by atoms with Crippen LogP contribution in [0.5, 0.6) is 5.75 Å². The minimum atomic E-state index is -0.216. The molecule has 1 aromatic heterocycles. The number of aromatic nitrogens is 1. The Morgan fingerprint density at radius 1 is 1.03 bits per heavy atom.